The van der Waals surface area contributed by atoms with Gasteiger partial charge in [0.2, 0.25) is 5.91 Å². The van der Waals surface area contributed by atoms with Crippen molar-refractivity contribution < 1.29 is 9.00 Å². The summed E-state index contributed by atoms with van der Waals surface area (Å²) in [4.78, 5) is 11.8. The molecule has 1 aliphatic rings. The van der Waals surface area contributed by atoms with Crippen molar-refractivity contribution in [3.63, 3.8) is 0 Å². The standard InChI is InChI=1S/C10H20N2O2S/c1-10(2,11-3)9(13)12-8-4-6-15(14)7-5-8/h8,11H,4-7H2,1-3H3,(H,12,13). The average molecular weight is 232 g/mol. The molecule has 88 valence electrons. The first-order chi connectivity index (χ1) is 6.95. The van der Waals surface area contributed by atoms with Gasteiger partial charge < -0.3 is 10.6 Å². The van der Waals surface area contributed by atoms with Crippen LogP contribution in [0.2, 0.25) is 0 Å². The molecule has 1 rings (SSSR count). The zero-order valence-corrected chi connectivity index (χ0v) is 10.4. The molecule has 1 fully saturated rings. The Morgan fingerprint density at radius 3 is 2.33 bits per heavy atom. The minimum atomic E-state index is -0.666. The molecule has 0 bridgehead atoms. The molecule has 1 heterocycles. The molecule has 0 unspecified atom stereocenters. The van der Waals surface area contributed by atoms with Gasteiger partial charge in [-0.2, -0.15) is 0 Å². The van der Waals surface area contributed by atoms with E-state index in [0.29, 0.717) is 11.5 Å². The maximum atomic E-state index is 11.8. The minimum absolute atomic E-state index is 0.0164. The van der Waals surface area contributed by atoms with Crippen LogP contribution in [0, 0.1) is 0 Å². The lowest BCUT2D eigenvalue weighted by Gasteiger charge is -2.28. The highest BCUT2D eigenvalue weighted by Gasteiger charge is 2.28. The van der Waals surface area contributed by atoms with Crippen LogP contribution in [0.15, 0.2) is 0 Å². The van der Waals surface area contributed by atoms with Crippen molar-refractivity contribution in [2.75, 3.05) is 18.6 Å². The summed E-state index contributed by atoms with van der Waals surface area (Å²) < 4.78 is 11.1. The number of rotatable bonds is 3. The van der Waals surface area contributed by atoms with Crippen molar-refractivity contribution in [1.29, 1.82) is 0 Å². The highest BCUT2D eigenvalue weighted by atomic mass is 32.2. The van der Waals surface area contributed by atoms with Crippen LogP contribution in [0.4, 0.5) is 0 Å². The molecule has 1 aliphatic heterocycles. The van der Waals surface area contributed by atoms with E-state index < -0.39 is 16.3 Å². The summed E-state index contributed by atoms with van der Waals surface area (Å²) in [5.74, 6) is 1.44. The molecule has 1 saturated heterocycles. The van der Waals surface area contributed by atoms with Crippen LogP contribution in [0.25, 0.3) is 0 Å². The predicted octanol–water partition coefficient (Wildman–Crippen LogP) is 0.0117. The van der Waals surface area contributed by atoms with E-state index in [9.17, 15) is 9.00 Å². The summed E-state index contributed by atoms with van der Waals surface area (Å²) in [6, 6.07) is 0.197. The predicted molar refractivity (Wildman–Crippen MR) is 62.2 cm³/mol. The summed E-state index contributed by atoms with van der Waals surface area (Å²) in [6.45, 7) is 3.70. The first kappa shape index (κ1) is 12.6. The van der Waals surface area contributed by atoms with Crippen molar-refractivity contribution in [3.8, 4) is 0 Å². The van der Waals surface area contributed by atoms with Gasteiger partial charge in [0.05, 0.1) is 5.54 Å². The molecule has 4 nitrogen and oxygen atoms in total. The van der Waals surface area contributed by atoms with E-state index in [1.165, 1.54) is 0 Å². The number of hydrogen-bond donors (Lipinski definition) is 2. The molecule has 1 amide bonds. The van der Waals surface area contributed by atoms with Crippen LogP contribution in [-0.4, -0.2) is 40.3 Å². The third kappa shape index (κ3) is 3.57. The molecule has 0 aromatic carbocycles. The Balaban J connectivity index is 2.42. The molecule has 2 N–H and O–H groups in total. The zero-order valence-electron chi connectivity index (χ0n) is 9.63. The van der Waals surface area contributed by atoms with Gasteiger partial charge in [0.1, 0.15) is 0 Å². The van der Waals surface area contributed by atoms with Gasteiger partial charge in [-0.3, -0.25) is 9.00 Å². The van der Waals surface area contributed by atoms with E-state index >= 15 is 0 Å². The summed E-state index contributed by atoms with van der Waals surface area (Å²) in [6.07, 6.45) is 1.66. The van der Waals surface area contributed by atoms with Crippen LogP contribution in [0.3, 0.4) is 0 Å². The summed E-state index contributed by atoms with van der Waals surface area (Å²) in [5, 5.41) is 5.96. The van der Waals surface area contributed by atoms with Crippen LogP contribution < -0.4 is 10.6 Å². The summed E-state index contributed by atoms with van der Waals surface area (Å²) in [7, 11) is 1.11. The van der Waals surface area contributed by atoms with E-state index in [0.717, 1.165) is 12.8 Å². The Morgan fingerprint density at radius 2 is 1.87 bits per heavy atom. The van der Waals surface area contributed by atoms with Gasteiger partial charge in [-0.25, -0.2) is 0 Å². The maximum absolute atomic E-state index is 11.8. The molecule has 0 radical (unpaired) electrons. The molecule has 0 spiro atoms. The largest absolute Gasteiger partial charge is 0.352 e. The van der Waals surface area contributed by atoms with Gasteiger partial charge >= 0.3 is 0 Å². The highest BCUT2D eigenvalue weighted by Crippen LogP contribution is 2.11. The molecule has 0 aromatic rings. The van der Waals surface area contributed by atoms with Crippen LogP contribution in [-0.2, 0) is 15.6 Å². The number of nitrogens with one attached hydrogen (secondary N) is 2. The highest BCUT2D eigenvalue weighted by molar-refractivity contribution is 7.85. The van der Waals surface area contributed by atoms with Crippen molar-refractivity contribution in [2.24, 2.45) is 0 Å². The first-order valence-corrected chi connectivity index (χ1v) is 6.79. The summed E-state index contributed by atoms with van der Waals surface area (Å²) >= 11 is 0. The molecule has 15 heavy (non-hydrogen) atoms. The van der Waals surface area contributed by atoms with Crippen LogP contribution in [0.1, 0.15) is 26.7 Å². The fourth-order valence-corrected chi connectivity index (χ4v) is 2.72. The van der Waals surface area contributed by atoms with Gasteiger partial charge in [-0.1, -0.05) is 0 Å². The lowest BCUT2D eigenvalue weighted by molar-refractivity contribution is -0.127. The van der Waals surface area contributed by atoms with Gasteiger partial charge in [-0.05, 0) is 33.7 Å². The second-order valence-electron chi connectivity index (χ2n) is 4.47. The quantitative estimate of drug-likeness (QED) is 0.721. The molecular formula is C10H20N2O2S. The van der Waals surface area contributed by atoms with E-state index in [-0.39, 0.29) is 11.9 Å². The first-order valence-electron chi connectivity index (χ1n) is 5.30. The molecule has 0 aliphatic carbocycles. The van der Waals surface area contributed by atoms with Gasteiger partial charge in [0, 0.05) is 28.3 Å². The number of carbonyl (C=O) groups excluding carboxylic acids is 1. The zero-order chi connectivity index (χ0) is 11.5. The van der Waals surface area contributed by atoms with Gasteiger partial charge in [0.15, 0.2) is 0 Å². The van der Waals surface area contributed by atoms with Gasteiger partial charge in [0.25, 0.3) is 0 Å². The molecule has 0 atom stereocenters. The lowest BCUT2D eigenvalue weighted by Crippen LogP contribution is -2.54. The molecule has 0 aromatic heterocycles. The molecule has 5 heteroatoms. The van der Waals surface area contributed by atoms with E-state index in [1.54, 1.807) is 7.05 Å². The number of amides is 1. The topological polar surface area (TPSA) is 58.2 Å². The molecule has 0 saturated carbocycles. The monoisotopic (exact) mass is 232 g/mol. The van der Waals surface area contributed by atoms with Crippen molar-refractivity contribution in [1.82, 2.24) is 10.6 Å². The fraction of sp³-hybridized carbons (Fsp3) is 0.900. The maximum Gasteiger partial charge on any atom is 0.239 e. The fourth-order valence-electron chi connectivity index (χ4n) is 1.42. The Labute approximate surface area is 93.7 Å². The van der Waals surface area contributed by atoms with Gasteiger partial charge in [-0.15, -0.1) is 0 Å². The minimum Gasteiger partial charge on any atom is -0.352 e. The number of likely N-dealkylation sites (N-methyl/N-ethyl adjacent to an activating group) is 1. The second-order valence-corrected chi connectivity index (χ2v) is 6.17. The van der Waals surface area contributed by atoms with E-state index in [4.69, 9.17) is 0 Å². The second kappa shape index (κ2) is 5.07. The lowest BCUT2D eigenvalue weighted by atomic mass is 10.0. The van der Waals surface area contributed by atoms with E-state index in [1.807, 2.05) is 13.8 Å². The number of hydrogen-bond acceptors (Lipinski definition) is 3. The third-order valence-electron chi connectivity index (χ3n) is 2.92. The summed E-state index contributed by atoms with van der Waals surface area (Å²) in [5.41, 5.74) is -0.531. The SMILES string of the molecule is CNC(C)(C)C(=O)NC1CCS(=O)CC1. The van der Waals surface area contributed by atoms with E-state index in [2.05, 4.69) is 10.6 Å². The van der Waals surface area contributed by atoms with Crippen LogP contribution >= 0.6 is 0 Å². The number of carbonyl (C=O) groups is 1. The Kier molecular flexibility index (Phi) is 4.28. The Bertz CT molecular complexity index is 256. The Hall–Kier alpha value is -0.420. The van der Waals surface area contributed by atoms with Crippen molar-refractivity contribution in [2.45, 2.75) is 38.3 Å². The molecular weight excluding hydrogens is 212 g/mol. The van der Waals surface area contributed by atoms with Crippen molar-refractivity contribution >= 4 is 16.7 Å². The third-order valence-corrected chi connectivity index (χ3v) is 4.30. The Morgan fingerprint density at radius 1 is 1.33 bits per heavy atom. The normalized spacial score (nSPS) is 27.4. The smallest absolute Gasteiger partial charge is 0.239 e. The van der Waals surface area contributed by atoms with Crippen LogP contribution in [0.5, 0.6) is 0 Å². The van der Waals surface area contributed by atoms with Crippen molar-refractivity contribution in [3.05, 3.63) is 0 Å². The average Bonchev–Trinajstić information content (AvgIpc) is 2.21.